The Balaban J connectivity index is 1.30. The molecule has 0 spiro atoms. The van der Waals surface area contributed by atoms with E-state index in [2.05, 4.69) is 26.3 Å². The van der Waals surface area contributed by atoms with Crippen molar-refractivity contribution in [2.75, 3.05) is 25.5 Å². The third-order valence-corrected chi connectivity index (χ3v) is 8.88. The average molecular weight is 775 g/mol. The molecule has 3 heterocycles. The van der Waals surface area contributed by atoms with Crippen LogP contribution in [0.25, 0.3) is 16.8 Å². The number of rotatable bonds is 9. The van der Waals surface area contributed by atoms with Crippen LogP contribution in [0, 0.1) is 5.82 Å². The van der Waals surface area contributed by atoms with E-state index in [1.54, 1.807) is 11.8 Å². The largest absolute Gasteiger partial charge is 0.495 e. The summed E-state index contributed by atoms with van der Waals surface area (Å²) in [6.07, 6.45) is -1.65. The van der Waals surface area contributed by atoms with Gasteiger partial charge in [-0.25, -0.2) is 13.9 Å². The fourth-order valence-corrected chi connectivity index (χ4v) is 6.15. The van der Waals surface area contributed by atoms with Gasteiger partial charge in [-0.05, 0) is 76.4 Å². The molecule has 288 valence electrons. The lowest BCUT2D eigenvalue weighted by Gasteiger charge is -2.34. The van der Waals surface area contributed by atoms with Gasteiger partial charge in [-0.1, -0.05) is 23.7 Å². The number of urea groups is 1. The molecule has 0 saturated carbocycles. The number of methoxy groups -OCH3 is 1. The highest BCUT2D eigenvalue weighted by Crippen LogP contribution is 2.36. The van der Waals surface area contributed by atoms with Gasteiger partial charge in [-0.15, -0.1) is 5.10 Å². The Hall–Kier alpha value is -5.45. The summed E-state index contributed by atoms with van der Waals surface area (Å²) in [5, 5.41) is 15.3. The third kappa shape index (κ3) is 9.18. The second kappa shape index (κ2) is 15.9. The number of amides is 4. The zero-order valence-corrected chi connectivity index (χ0v) is 30.8. The van der Waals surface area contributed by atoms with Gasteiger partial charge in [0, 0.05) is 52.6 Å². The third-order valence-electron chi connectivity index (χ3n) is 8.65. The number of carbonyl (C=O) groups excluding carboxylic acids is 3. The molecule has 18 heteroatoms. The summed E-state index contributed by atoms with van der Waals surface area (Å²) >= 11 is 6.24. The van der Waals surface area contributed by atoms with E-state index in [0.29, 0.717) is 32.1 Å². The zero-order chi connectivity index (χ0) is 39.5. The first-order valence-electron chi connectivity index (χ1n) is 17.0. The Morgan fingerprint density at radius 3 is 2.31 bits per heavy atom. The molecule has 0 unspecified atom stereocenters. The van der Waals surface area contributed by atoms with Gasteiger partial charge in [-0.3, -0.25) is 19.0 Å². The normalized spacial score (nSPS) is 14.4. The average Bonchev–Trinajstić information content (AvgIpc) is 3.60. The molecule has 1 atom stereocenters. The lowest BCUT2D eigenvalue weighted by Crippen LogP contribution is -2.53. The number of piperidine rings is 1. The molecule has 4 aromatic rings. The standard InChI is InChI=1S/C36H39ClF4N8O5/c1-6-27(33(52)43-22-8-9-23(26(38)16-22)32(51)42-21-11-13-47(14-12-21)34(53)44-35(2,3)4)48-18-29(54-5)25(17-31(48)50)24-15-20(37)7-10-28(24)49-19-30(45-46-49)36(39,40)41/h7-10,15-19,21,27H,6,11-14H2,1-5H3,(H,42,51)(H,43,52)(H,44,53)/t27-/m0/s1. The first-order valence-corrected chi connectivity index (χ1v) is 17.3. The van der Waals surface area contributed by atoms with E-state index in [4.69, 9.17) is 16.3 Å². The number of halogens is 5. The number of hydrogen-bond acceptors (Lipinski definition) is 7. The molecule has 1 aliphatic heterocycles. The van der Waals surface area contributed by atoms with Crippen molar-refractivity contribution in [2.45, 2.75) is 70.8 Å². The minimum Gasteiger partial charge on any atom is -0.495 e. The molecule has 1 aliphatic rings. The smallest absolute Gasteiger partial charge is 0.436 e. The number of pyridine rings is 1. The van der Waals surface area contributed by atoms with Crippen LogP contribution in [0.1, 0.15) is 69.1 Å². The SMILES string of the molecule is CC[C@@H](C(=O)Nc1ccc(C(=O)NC2CCN(C(=O)NC(C)(C)C)CC2)c(F)c1)n1cc(OC)c(-c2cc(Cl)ccc2-n2cc(C(F)(F)F)nn2)cc1=O. The van der Waals surface area contributed by atoms with Crippen molar-refractivity contribution >= 4 is 35.1 Å². The van der Waals surface area contributed by atoms with Crippen molar-refractivity contribution in [3.05, 3.63) is 87.3 Å². The Bertz CT molecular complexity index is 2110. The van der Waals surface area contributed by atoms with Crippen LogP contribution in [-0.4, -0.2) is 74.1 Å². The molecule has 3 N–H and O–H groups in total. The number of nitrogens with one attached hydrogen (secondary N) is 3. The van der Waals surface area contributed by atoms with Crippen molar-refractivity contribution in [2.24, 2.45) is 0 Å². The maximum atomic E-state index is 15.2. The molecule has 0 bridgehead atoms. The predicted octanol–water partition coefficient (Wildman–Crippen LogP) is 6.21. The number of carbonyl (C=O) groups is 3. The van der Waals surface area contributed by atoms with E-state index in [1.807, 2.05) is 20.8 Å². The van der Waals surface area contributed by atoms with Crippen LogP contribution in [0.3, 0.4) is 0 Å². The van der Waals surface area contributed by atoms with Gasteiger partial charge in [0.25, 0.3) is 11.5 Å². The fraction of sp³-hybridized carbons (Fsp3) is 0.389. The minimum absolute atomic E-state index is 0.0388. The molecule has 1 saturated heterocycles. The van der Waals surface area contributed by atoms with Gasteiger partial charge in [0.15, 0.2) is 5.69 Å². The molecule has 13 nitrogen and oxygen atoms in total. The number of benzene rings is 2. The topological polar surface area (TPSA) is 152 Å². The van der Waals surface area contributed by atoms with E-state index < -0.39 is 41.1 Å². The number of ether oxygens (including phenoxy) is 1. The van der Waals surface area contributed by atoms with Gasteiger partial charge in [0.1, 0.15) is 17.6 Å². The van der Waals surface area contributed by atoms with E-state index in [1.165, 1.54) is 43.6 Å². The van der Waals surface area contributed by atoms with Gasteiger partial charge in [-0.2, -0.15) is 13.2 Å². The van der Waals surface area contributed by atoms with Crippen LogP contribution in [0.15, 0.2) is 59.7 Å². The van der Waals surface area contributed by atoms with Crippen LogP contribution in [0.2, 0.25) is 5.02 Å². The van der Waals surface area contributed by atoms with Crippen molar-refractivity contribution in [3.63, 3.8) is 0 Å². The first-order chi connectivity index (χ1) is 25.4. The molecule has 2 aromatic heterocycles. The number of likely N-dealkylation sites (tertiary alicyclic amines) is 1. The summed E-state index contributed by atoms with van der Waals surface area (Å²) in [7, 11) is 1.31. The second-order valence-corrected chi connectivity index (χ2v) is 14.2. The Labute approximate surface area is 312 Å². The number of nitrogens with zero attached hydrogens (tertiary/aromatic N) is 5. The van der Waals surface area contributed by atoms with Crippen LogP contribution in [-0.2, 0) is 11.0 Å². The minimum atomic E-state index is -4.74. The maximum Gasteiger partial charge on any atom is 0.436 e. The van der Waals surface area contributed by atoms with Crippen molar-refractivity contribution in [3.8, 4) is 22.6 Å². The quantitative estimate of drug-likeness (QED) is 0.171. The predicted molar refractivity (Wildman–Crippen MR) is 192 cm³/mol. The summed E-state index contributed by atoms with van der Waals surface area (Å²) in [6, 6.07) is 7.47. The molecule has 2 aromatic carbocycles. The van der Waals surface area contributed by atoms with Gasteiger partial charge < -0.3 is 25.6 Å². The number of anilines is 1. The highest BCUT2D eigenvalue weighted by atomic mass is 35.5. The van der Waals surface area contributed by atoms with E-state index in [0.717, 1.165) is 21.4 Å². The summed E-state index contributed by atoms with van der Waals surface area (Å²) in [6.45, 7) is 8.16. The van der Waals surface area contributed by atoms with Crippen LogP contribution in [0.4, 0.5) is 28.0 Å². The molecule has 54 heavy (non-hydrogen) atoms. The summed E-state index contributed by atoms with van der Waals surface area (Å²) in [4.78, 5) is 54.1. The van der Waals surface area contributed by atoms with E-state index in [9.17, 15) is 32.3 Å². The molecule has 5 rings (SSSR count). The summed E-state index contributed by atoms with van der Waals surface area (Å²) < 4.78 is 62.6. The van der Waals surface area contributed by atoms with Crippen molar-refractivity contribution in [1.82, 2.24) is 35.1 Å². The molecule has 0 radical (unpaired) electrons. The summed E-state index contributed by atoms with van der Waals surface area (Å²) in [5.74, 6) is -2.10. The second-order valence-electron chi connectivity index (χ2n) is 13.7. The molecule has 1 fully saturated rings. The van der Waals surface area contributed by atoms with Crippen molar-refractivity contribution < 1.29 is 36.7 Å². The number of alkyl halides is 3. The van der Waals surface area contributed by atoms with E-state index >= 15 is 4.39 Å². The Kier molecular flexibility index (Phi) is 11.7. The maximum absolute atomic E-state index is 15.2. The fourth-order valence-electron chi connectivity index (χ4n) is 5.98. The lowest BCUT2D eigenvalue weighted by molar-refractivity contribution is -0.141. The van der Waals surface area contributed by atoms with Crippen molar-refractivity contribution in [1.29, 1.82) is 0 Å². The molecular formula is C36H39ClF4N8O5. The Morgan fingerprint density at radius 2 is 1.72 bits per heavy atom. The zero-order valence-electron chi connectivity index (χ0n) is 30.1. The van der Waals surface area contributed by atoms with Gasteiger partial charge >= 0.3 is 12.2 Å². The molecular weight excluding hydrogens is 736 g/mol. The number of aromatic nitrogens is 4. The Morgan fingerprint density at radius 1 is 1.02 bits per heavy atom. The van der Waals surface area contributed by atoms with Crippen LogP contribution in [0.5, 0.6) is 5.75 Å². The molecule has 4 amide bonds. The van der Waals surface area contributed by atoms with Crippen LogP contribution < -0.4 is 26.2 Å². The first kappa shape index (κ1) is 39.8. The number of hydrogen-bond donors (Lipinski definition) is 3. The molecule has 0 aliphatic carbocycles. The van der Waals surface area contributed by atoms with Gasteiger partial charge in [0.2, 0.25) is 5.91 Å². The monoisotopic (exact) mass is 774 g/mol. The van der Waals surface area contributed by atoms with Crippen LogP contribution >= 0.6 is 11.6 Å². The van der Waals surface area contributed by atoms with E-state index in [-0.39, 0.29) is 62.9 Å². The highest BCUT2D eigenvalue weighted by Gasteiger charge is 2.35. The highest BCUT2D eigenvalue weighted by molar-refractivity contribution is 6.31. The van der Waals surface area contributed by atoms with Gasteiger partial charge in [0.05, 0.1) is 30.8 Å². The summed E-state index contributed by atoms with van der Waals surface area (Å²) in [5.41, 5.74) is -1.99. The lowest BCUT2D eigenvalue weighted by atomic mass is 10.0.